The van der Waals surface area contributed by atoms with E-state index >= 15 is 0 Å². The van der Waals surface area contributed by atoms with Gasteiger partial charge in [0, 0.05) is 41.9 Å². The zero-order valence-electron chi connectivity index (χ0n) is 15.5. The Bertz CT molecular complexity index is 979. The molecule has 2 aliphatic carbocycles. The van der Waals surface area contributed by atoms with E-state index in [1.54, 1.807) is 4.31 Å². The minimum atomic E-state index is -3.44. The van der Waals surface area contributed by atoms with Crippen LogP contribution in [0.15, 0.2) is 22.4 Å². The summed E-state index contributed by atoms with van der Waals surface area (Å²) in [5.41, 5.74) is 0.827. The Balaban J connectivity index is 1.35. The summed E-state index contributed by atoms with van der Waals surface area (Å²) in [5, 5.41) is 1.60. The molecule has 27 heavy (non-hydrogen) atoms. The monoisotopic (exact) mass is 424 g/mol. The molecule has 0 amide bonds. The van der Waals surface area contributed by atoms with Crippen LogP contribution in [0.2, 0.25) is 5.02 Å². The largest absolute Gasteiger partial charge is 0.297 e. The van der Waals surface area contributed by atoms with E-state index < -0.39 is 10.0 Å². The molecule has 1 aromatic carbocycles. The second-order valence-electron chi connectivity index (χ2n) is 8.34. The Morgan fingerprint density at radius 2 is 1.89 bits per heavy atom. The van der Waals surface area contributed by atoms with Crippen LogP contribution in [0.1, 0.15) is 31.2 Å². The standard InChI is InChI=1S/C20H25ClN2O2S2/c1-13-17-12-16(21)4-5-19(17)26-20(13)27(24,25)23-8-6-22(7-9-23)18-11-14-2-3-15(18)10-14/h4-5,12,14-15,18H,2-3,6-11H2,1H3. The molecule has 0 spiro atoms. The van der Waals surface area contributed by atoms with Gasteiger partial charge in [0.15, 0.2) is 0 Å². The average molecular weight is 425 g/mol. The van der Waals surface area contributed by atoms with Crippen LogP contribution in [0, 0.1) is 18.8 Å². The van der Waals surface area contributed by atoms with Gasteiger partial charge in [-0.3, -0.25) is 4.90 Å². The van der Waals surface area contributed by atoms with Crippen molar-refractivity contribution in [2.45, 2.75) is 42.9 Å². The smallest absolute Gasteiger partial charge is 0.252 e. The van der Waals surface area contributed by atoms with Crippen LogP contribution >= 0.6 is 22.9 Å². The summed E-state index contributed by atoms with van der Waals surface area (Å²) in [6.45, 7) is 4.83. The number of thiophene rings is 1. The zero-order chi connectivity index (χ0) is 18.8. The van der Waals surface area contributed by atoms with Gasteiger partial charge in [-0.25, -0.2) is 8.42 Å². The van der Waals surface area contributed by atoms with Gasteiger partial charge in [-0.15, -0.1) is 11.3 Å². The van der Waals surface area contributed by atoms with Gasteiger partial charge < -0.3 is 0 Å². The van der Waals surface area contributed by atoms with Crippen molar-refractivity contribution in [1.29, 1.82) is 0 Å². The van der Waals surface area contributed by atoms with Gasteiger partial charge in [0.2, 0.25) is 0 Å². The predicted molar refractivity (Wildman–Crippen MR) is 111 cm³/mol. The molecule has 0 radical (unpaired) electrons. The van der Waals surface area contributed by atoms with Crippen molar-refractivity contribution >= 4 is 43.0 Å². The third kappa shape index (κ3) is 3.04. The first-order chi connectivity index (χ1) is 12.9. The Morgan fingerprint density at radius 1 is 1.11 bits per heavy atom. The first-order valence-corrected chi connectivity index (χ1v) is 12.5. The highest BCUT2D eigenvalue weighted by atomic mass is 35.5. The van der Waals surface area contributed by atoms with Crippen molar-refractivity contribution in [3.05, 3.63) is 28.8 Å². The number of fused-ring (bicyclic) bond motifs is 3. The minimum Gasteiger partial charge on any atom is -0.297 e. The summed E-state index contributed by atoms with van der Waals surface area (Å²) in [5.74, 6) is 1.78. The maximum atomic E-state index is 13.3. The van der Waals surface area contributed by atoms with Crippen LogP contribution in [0.3, 0.4) is 0 Å². The van der Waals surface area contributed by atoms with E-state index in [-0.39, 0.29) is 0 Å². The van der Waals surface area contributed by atoms with E-state index in [1.807, 2.05) is 25.1 Å². The molecule has 1 saturated heterocycles. The van der Waals surface area contributed by atoms with Crippen LogP contribution in [-0.2, 0) is 10.0 Å². The van der Waals surface area contributed by atoms with Crippen LogP contribution in [0.25, 0.3) is 10.1 Å². The normalized spacial score (nSPS) is 29.8. The second kappa shape index (κ2) is 6.70. The average Bonchev–Trinajstić information content (AvgIpc) is 3.37. The van der Waals surface area contributed by atoms with Crippen LogP contribution in [0.5, 0.6) is 0 Å². The van der Waals surface area contributed by atoms with E-state index in [0.29, 0.717) is 28.4 Å². The quantitative estimate of drug-likeness (QED) is 0.735. The molecule has 3 aliphatic rings. The molecule has 7 heteroatoms. The fourth-order valence-electron chi connectivity index (χ4n) is 5.47. The first kappa shape index (κ1) is 18.4. The van der Waals surface area contributed by atoms with E-state index in [4.69, 9.17) is 11.6 Å². The van der Waals surface area contributed by atoms with Crippen LogP contribution < -0.4 is 0 Å². The summed E-state index contributed by atoms with van der Waals surface area (Å²) in [7, 11) is -3.44. The molecule has 2 heterocycles. The Morgan fingerprint density at radius 3 is 2.56 bits per heavy atom. The van der Waals surface area contributed by atoms with Crippen LogP contribution in [-0.4, -0.2) is 49.8 Å². The summed E-state index contributed by atoms with van der Waals surface area (Å²) in [6, 6.07) is 6.31. The lowest BCUT2D eigenvalue weighted by molar-refractivity contribution is 0.101. The number of nitrogens with zero attached hydrogens (tertiary/aromatic N) is 2. The number of rotatable bonds is 3. The molecule has 4 nitrogen and oxygen atoms in total. The molecule has 2 aromatic rings. The Labute approximate surface area is 170 Å². The molecule has 5 rings (SSSR count). The lowest BCUT2D eigenvalue weighted by atomic mass is 9.93. The van der Waals surface area contributed by atoms with E-state index in [1.165, 1.54) is 37.0 Å². The fourth-order valence-corrected chi connectivity index (χ4v) is 8.94. The summed E-state index contributed by atoms with van der Waals surface area (Å²) < 4.78 is 29.8. The van der Waals surface area contributed by atoms with Gasteiger partial charge in [0.25, 0.3) is 10.0 Å². The molecular formula is C20H25ClN2O2S2. The third-order valence-corrected chi connectivity index (χ3v) is 10.9. The van der Waals surface area contributed by atoms with Gasteiger partial charge in [-0.2, -0.15) is 4.31 Å². The number of benzene rings is 1. The minimum absolute atomic E-state index is 0.480. The highest BCUT2D eigenvalue weighted by Crippen LogP contribution is 2.47. The molecule has 0 N–H and O–H groups in total. The third-order valence-electron chi connectivity index (χ3n) is 6.87. The van der Waals surface area contributed by atoms with Crippen molar-refractivity contribution in [1.82, 2.24) is 9.21 Å². The van der Waals surface area contributed by atoms with Gasteiger partial charge in [-0.1, -0.05) is 18.0 Å². The topological polar surface area (TPSA) is 40.6 Å². The molecule has 1 aromatic heterocycles. The number of hydrogen-bond acceptors (Lipinski definition) is 4. The second-order valence-corrected chi connectivity index (χ2v) is 12.0. The Kier molecular flexibility index (Phi) is 4.56. The van der Waals surface area contributed by atoms with E-state index in [2.05, 4.69) is 4.90 Å². The molecule has 3 fully saturated rings. The van der Waals surface area contributed by atoms with Crippen molar-refractivity contribution in [3.8, 4) is 0 Å². The highest BCUT2D eigenvalue weighted by Gasteiger charge is 2.43. The van der Waals surface area contributed by atoms with Gasteiger partial charge in [-0.05, 0) is 67.2 Å². The molecule has 3 unspecified atom stereocenters. The molecule has 146 valence electrons. The lowest BCUT2D eigenvalue weighted by Crippen LogP contribution is -2.53. The van der Waals surface area contributed by atoms with Crippen molar-refractivity contribution in [2.75, 3.05) is 26.2 Å². The van der Waals surface area contributed by atoms with E-state index in [0.717, 1.165) is 40.6 Å². The van der Waals surface area contributed by atoms with Gasteiger partial charge >= 0.3 is 0 Å². The van der Waals surface area contributed by atoms with Crippen molar-refractivity contribution in [2.24, 2.45) is 11.8 Å². The lowest BCUT2D eigenvalue weighted by Gasteiger charge is -2.40. The number of hydrogen-bond donors (Lipinski definition) is 0. The SMILES string of the molecule is Cc1c(S(=O)(=O)N2CCN(C3CC4CCC3C4)CC2)sc2ccc(Cl)cc12. The van der Waals surface area contributed by atoms with Gasteiger partial charge in [0.05, 0.1) is 0 Å². The van der Waals surface area contributed by atoms with Crippen LogP contribution in [0.4, 0.5) is 0 Å². The molecule has 3 atom stereocenters. The summed E-state index contributed by atoms with van der Waals surface area (Å²) in [6.07, 6.45) is 5.50. The maximum Gasteiger partial charge on any atom is 0.252 e. The molecular weight excluding hydrogens is 400 g/mol. The van der Waals surface area contributed by atoms with Crippen molar-refractivity contribution in [3.63, 3.8) is 0 Å². The number of piperazine rings is 1. The molecule has 2 saturated carbocycles. The molecule has 1 aliphatic heterocycles. The van der Waals surface area contributed by atoms with E-state index in [9.17, 15) is 8.42 Å². The highest BCUT2D eigenvalue weighted by molar-refractivity contribution is 7.91. The molecule has 2 bridgehead atoms. The maximum absolute atomic E-state index is 13.3. The van der Waals surface area contributed by atoms with Gasteiger partial charge in [0.1, 0.15) is 4.21 Å². The number of halogens is 1. The predicted octanol–water partition coefficient (Wildman–Crippen LogP) is 4.36. The zero-order valence-corrected chi connectivity index (χ0v) is 17.9. The van der Waals surface area contributed by atoms with Crippen molar-refractivity contribution < 1.29 is 8.42 Å². The number of aryl methyl sites for hydroxylation is 1. The fraction of sp³-hybridized carbons (Fsp3) is 0.600. The summed E-state index contributed by atoms with van der Waals surface area (Å²) in [4.78, 5) is 2.56. The Hall–Kier alpha value is -0.660. The first-order valence-electron chi connectivity index (χ1n) is 9.86. The number of sulfonamides is 1. The summed E-state index contributed by atoms with van der Waals surface area (Å²) >= 11 is 7.47.